The van der Waals surface area contributed by atoms with Crippen molar-refractivity contribution in [3.63, 3.8) is 0 Å². The highest BCUT2D eigenvalue weighted by Gasteiger charge is 2.25. The van der Waals surface area contributed by atoms with Crippen LogP contribution in [0, 0.1) is 0 Å². The number of benzene rings is 3. The number of rotatable bonds is 8. The van der Waals surface area contributed by atoms with Crippen LogP contribution in [0.5, 0.6) is 0 Å². The summed E-state index contributed by atoms with van der Waals surface area (Å²) >= 11 is 7.44. The Bertz CT molecular complexity index is 1260. The van der Waals surface area contributed by atoms with Gasteiger partial charge in [-0.15, -0.1) is 11.3 Å². The summed E-state index contributed by atoms with van der Waals surface area (Å²) in [6.07, 6.45) is -0.155. The van der Waals surface area contributed by atoms with Crippen molar-refractivity contribution >= 4 is 34.8 Å². The van der Waals surface area contributed by atoms with Crippen LogP contribution >= 0.6 is 22.9 Å². The fourth-order valence-electron chi connectivity index (χ4n) is 3.44. The van der Waals surface area contributed by atoms with E-state index in [1.165, 1.54) is 11.3 Å². The molecule has 1 amide bonds. The normalized spacial score (nSPS) is 10.7. The molecule has 4 aromatic rings. The maximum atomic E-state index is 13.8. The third kappa shape index (κ3) is 5.66. The molecule has 7 heteroatoms. The summed E-state index contributed by atoms with van der Waals surface area (Å²) in [6, 6.07) is 26.5. The highest BCUT2D eigenvalue weighted by Crippen LogP contribution is 2.35. The smallest absolute Gasteiger partial charge is 0.305 e. The minimum Gasteiger partial charge on any atom is -0.481 e. The van der Waals surface area contributed by atoms with Crippen molar-refractivity contribution < 1.29 is 14.7 Å². The van der Waals surface area contributed by atoms with E-state index >= 15 is 0 Å². The summed E-state index contributed by atoms with van der Waals surface area (Å²) in [6.45, 7) is 0.326. The van der Waals surface area contributed by atoms with Crippen molar-refractivity contribution in [2.45, 2.75) is 13.0 Å². The molecule has 0 saturated heterocycles. The lowest BCUT2D eigenvalue weighted by Crippen LogP contribution is -2.32. The number of aliphatic carboxylic acids is 1. The van der Waals surface area contributed by atoms with E-state index in [9.17, 15) is 14.7 Å². The van der Waals surface area contributed by atoms with Crippen LogP contribution in [0.2, 0.25) is 5.02 Å². The van der Waals surface area contributed by atoms with Crippen molar-refractivity contribution in [2.24, 2.45) is 0 Å². The molecule has 0 radical (unpaired) electrons. The first-order valence-electron chi connectivity index (χ1n) is 10.4. The Balaban J connectivity index is 1.75. The maximum Gasteiger partial charge on any atom is 0.305 e. The lowest BCUT2D eigenvalue weighted by atomic mass is 10.1. The zero-order valence-electron chi connectivity index (χ0n) is 17.6. The minimum atomic E-state index is -0.962. The molecule has 0 aliphatic heterocycles. The van der Waals surface area contributed by atoms with E-state index in [2.05, 4.69) is 0 Å². The average Bonchev–Trinajstić information content (AvgIpc) is 3.28. The van der Waals surface area contributed by atoms with Gasteiger partial charge in [0.2, 0.25) is 0 Å². The molecule has 0 bridgehead atoms. The van der Waals surface area contributed by atoms with Gasteiger partial charge in [0.25, 0.3) is 5.91 Å². The molecule has 5 nitrogen and oxygen atoms in total. The number of nitrogens with zero attached hydrogens (tertiary/aromatic N) is 2. The number of aromatic nitrogens is 1. The number of carbonyl (C=O) groups excluding carboxylic acids is 1. The molecular weight excluding hydrogens is 456 g/mol. The Morgan fingerprint density at radius 1 is 0.909 bits per heavy atom. The zero-order valence-corrected chi connectivity index (χ0v) is 19.2. The predicted molar refractivity (Wildman–Crippen MR) is 131 cm³/mol. The van der Waals surface area contributed by atoms with Crippen LogP contribution in [-0.4, -0.2) is 33.4 Å². The van der Waals surface area contributed by atoms with E-state index in [1.54, 1.807) is 17.0 Å². The molecule has 0 unspecified atom stereocenters. The van der Waals surface area contributed by atoms with Crippen molar-refractivity contribution in [1.82, 2.24) is 9.88 Å². The fourth-order valence-corrected chi connectivity index (χ4v) is 4.72. The molecule has 1 aromatic heterocycles. The second-order valence-electron chi connectivity index (χ2n) is 7.43. The summed E-state index contributed by atoms with van der Waals surface area (Å²) in [5.41, 5.74) is 3.18. The summed E-state index contributed by atoms with van der Waals surface area (Å²) in [7, 11) is 0. The van der Waals surface area contributed by atoms with Gasteiger partial charge in [0, 0.05) is 29.2 Å². The fraction of sp³-hybridized carbons (Fsp3) is 0.115. The van der Waals surface area contributed by atoms with Crippen molar-refractivity contribution in [3.05, 3.63) is 100 Å². The number of hydrogen-bond donors (Lipinski definition) is 1. The van der Waals surface area contributed by atoms with Crippen LogP contribution in [0.3, 0.4) is 0 Å². The molecule has 0 saturated carbocycles. The van der Waals surface area contributed by atoms with Crippen molar-refractivity contribution in [3.8, 4) is 21.8 Å². The maximum absolute atomic E-state index is 13.8. The number of carboxylic acids is 1. The van der Waals surface area contributed by atoms with Crippen LogP contribution in [0.4, 0.5) is 0 Å². The first-order valence-corrected chi connectivity index (χ1v) is 11.6. The first-order chi connectivity index (χ1) is 16.0. The molecule has 0 spiro atoms. The second kappa shape index (κ2) is 10.4. The largest absolute Gasteiger partial charge is 0.481 e. The molecule has 1 N–H and O–H groups in total. The molecule has 166 valence electrons. The monoisotopic (exact) mass is 476 g/mol. The molecule has 0 fully saturated rings. The van der Waals surface area contributed by atoms with E-state index < -0.39 is 5.97 Å². The van der Waals surface area contributed by atoms with Gasteiger partial charge in [0.15, 0.2) is 0 Å². The second-order valence-corrected chi connectivity index (χ2v) is 8.86. The van der Waals surface area contributed by atoms with E-state index in [4.69, 9.17) is 16.6 Å². The van der Waals surface area contributed by atoms with Crippen LogP contribution < -0.4 is 0 Å². The van der Waals surface area contributed by atoms with Gasteiger partial charge in [0.05, 0.1) is 12.1 Å². The molecular formula is C26H21ClN2O3S. The molecule has 33 heavy (non-hydrogen) atoms. The quantitative estimate of drug-likeness (QED) is 0.326. The lowest BCUT2D eigenvalue weighted by molar-refractivity contribution is -0.137. The van der Waals surface area contributed by atoms with Gasteiger partial charge < -0.3 is 10.0 Å². The number of carboxylic acid groups (broad SMARTS) is 1. The van der Waals surface area contributed by atoms with Gasteiger partial charge in [-0.3, -0.25) is 9.59 Å². The summed E-state index contributed by atoms with van der Waals surface area (Å²) in [4.78, 5) is 31.9. The van der Waals surface area contributed by atoms with Crippen molar-refractivity contribution in [1.29, 1.82) is 0 Å². The Kier molecular flexibility index (Phi) is 7.17. The standard InChI is InChI=1S/C26H21ClN2O3S/c27-21-13-7-8-18(16-21)17-29(15-14-22(30)31)26(32)24-23(19-9-3-1-4-10-19)28-25(33-24)20-11-5-2-6-12-20/h1-13,16H,14-15,17H2,(H,30,31). The predicted octanol–water partition coefficient (Wildman–Crippen LogP) is 6.25. The third-order valence-electron chi connectivity index (χ3n) is 5.03. The van der Waals surface area contributed by atoms with Gasteiger partial charge >= 0.3 is 5.97 Å². The molecule has 4 rings (SSSR count). The topological polar surface area (TPSA) is 70.5 Å². The first kappa shape index (κ1) is 22.7. The van der Waals surface area contributed by atoms with Gasteiger partial charge in [0.1, 0.15) is 9.88 Å². The number of amides is 1. The van der Waals surface area contributed by atoms with Gasteiger partial charge in [-0.1, -0.05) is 84.4 Å². The van der Waals surface area contributed by atoms with Crippen LogP contribution in [0.1, 0.15) is 21.7 Å². The molecule has 0 aliphatic carbocycles. The average molecular weight is 477 g/mol. The van der Waals surface area contributed by atoms with Crippen LogP contribution in [0.15, 0.2) is 84.9 Å². The minimum absolute atomic E-state index is 0.0769. The number of thiazole rings is 1. The highest BCUT2D eigenvalue weighted by atomic mass is 35.5. The Morgan fingerprint density at radius 3 is 2.21 bits per heavy atom. The lowest BCUT2D eigenvalue weighted by Gasteiger charge is -2.22. The molecule has 0 aliphatic rings. The van der Waals surface area contributed by atoms with E-state index in [0.29, 0.717) is 15.6 Å². The van der Waals surface area contributed by atoms with Gasteiger partial charge in [-0.05, 0) is 17.7 Å². The van der Waals surface area contributed by atoms with Crippen LogP contribution in [-0.2, 0) is 11.3 Å². The summed E-state index contributed by atoms with van der Waals surface area (Å²) in [5, 5.41) is 10.5. The summed E-state index contributed by atoms with van der Waals surface area (Å²) in [5.74, 6) is -1.22. The zero-order chi connectivity index (χ0) is 23.2. The summed E-state index contributed by atoms with van der Waals surface area (Å²) < 4.78 is 0. The Hall–Kier alpha value is -3.48. The Labute approximate surface area is 200 Å². The van der Waals surface area contributed by atoms with Gasteiger partial charge in [-0.2, -0.15) is 0 Å². The van der Waals surface area contributed by atoms with E-state index in [1.807, 2.05) is 72.8 Å². The highest BCUT2D eigenvalue weighted by molar-refractivity contribution is 7.17. The number of hydrogen-bond acceptors (Lipinski definition) is 4. The van der Waals surface area contributed by atoms with Crippen molar-refractivity contribution in [2.75, 3.05) is 6.54 Å². The molecule has 1 heterocycles. The molecule has 3 aromatic carbocycles. The number of carbonyl (C=O) groups is 2. The van der Waals surface area contributed by atoms with E-state index in [-0.39, 0.29) is 25.4 Å². The van der Waals surface area contributed by atoms with Gasteiger partial charge in [-0.25, -0.2) is 4.98 Å². The van der Waals surface area contributed by atoms with E-state index in [0.717, 1.165) is 21.7 Å². The SMILES string of the molecule is O=C(O)CCN(Cc1cccc(Cl)c1)C(=O)c1sc(-c2ccccc2)nc1-c1ccccc1. The number of halogens is 1. The Morgan fingerprint density at radius 2 is 1.58 bits per heavy atom. The third-order valence-corrected chi connectivity index (χ3v) is 6.36. The van der Waals surface area contributed by atoms with Crippen LogP contribution in [0.25, 0.3) is 21.8 Å². The molecule has 0 atom stereocenters.